The standard InChI is InChI=1S/C46H50ClFN8O5/c1-29-46(14-19-55(29)34-7-4-32(27-49)37(47)24-34)12-17-52(18-13-46)33-5-2-31(3-6-33)43(59)54-22-20-51(21-23-54)28-30-10-15-53(16-11-30)40-26-36-35(25-38(40)48)44(60)56(45(36)61)39-8-9-41(57)50-42(39)58/h2-7,24-26,29-30,39H,8-23,28H2,1H3,(H,50,57,58). The van der Waals surface area contributed by atoms with E-state index in [1.807, 2.05) is 40.1 Å². The molecule has 0 bridgehead atoms. The first-order valence-electron chi connectivity index (χ1n) is 21.6. The third kappa shape index (κ3) is 7.60. The molecular weight excluding hydrogens is 799 g/mol. The number of halogens is 2. The molecule has 61 heavy (non-hydrogen) atoms. The van der Waals surface area contributed by atoms with Crippen molar-refractivity contribution in [1.82, 2.24) is 20.0 Å². The highest BCUT2D eigenvalue weighted by molar-refractivity contribution is 6.32. The van der Waals surface area contributed by atoms with Crippen molar-refractivity contribution in [2.75, 3.05) is 80.1 Å². The summed E-state index contributed by atoms with van der Waals surface area (Å²) in [5.41, 5.74) is 3.93. The molecule has 13 nitrogen and oxygen atoms in total. The largest absolute Gasteiger partial charge is 0.371 e. The quantitative estimate of drug-likeness (QED) is 0.311. The van der Waals surface area contributed by atoms with E-state index in [0.29, 0.717) is 54.3 Å². The Morgan fingerprint density at radius 1 is 0.820 bits per heavy atom. The van der Waals surface area contributed by atoms with Crippen LogP contribution in [0.4, 0.5) is 21.5 Å². The number of nitrogens with one attached hydrogen (secondary N) is 1. The Morgan fingerprint density at radius 2 is 1.48 bits per heavy atom. The fourth-order valence-corrected chi connectivity index (χ4v) is 10.9. The van der Waals surface area contributed by atoms with Crippen molar-refractivity contribution in [3.05, 3.63) is 87.7 Å². The first-order chi connectivity index (χ1) is 29.4. The summed E-state index contributed by atoms with van der Waals surface area (Å²) >= 11 is 6.38. The molecule has 5 fully saturated rings. The van der Waals surface area contributed by atoms with Crippen molar-refractivity contribution in [3.63, 3.8) is 0 Å². The molecule has 5 saturated heterocycles. The van der Waals surface area contributed by atoms with Crippen LogP contribution in [0.3, 0.4) is 0 Å². The van der Waals surface area contributed by atoms with E-state index in [1.165, 1.54) is 6.07 Å². The molecule has 0 aliphatic carbocycles. The summed E-state index contributed by atoms with van der Waals surface area (Å²) in [6, 6.07) is 17.8. The van der Waals surface area contributed by atoms with Gasteiger partial charge in [-0.2, -0.15) is 5.26 Å². The summed E-state index contributed by atoms with van der Waals surface area (Å²) in [4.78, 5) is 76.1. The molecule has 3 aromatic rings. The van der Waals surface area contributed by atoms with E-state index in [9.17, 15) is 29.2 Å². The topological polar surface area (TPSA) is 141 Å². The Balaban J connectivity index is 0.727. The van der Waals surface area contributed by atoms with E-state index >= 15 is 4.39 Å². The zero-order valence-corrected chi connectivity index (χ0v) is 35.1. The van der Waals surface area contributed by atoms with Gasteiger partial charge in [-0.25, -0.2) is 4.39 Å². The number of nitriles is 1. The number of carbonyl (C=O) groups is 5. The summed E-state index contributed by atoms with van der Waals surface area (Å²) < 4.78 is 15.5. The molecule has 0 radical (unpaired) electrons. The average Bonchev–Trinajstić information content (AvgIpc) is 3.71. The van der Waals surface area contributed by atoms with Crippen molar-refractivity contribution >= 4 is 58.2 Å². The molecule has 1 N–H and O–H groups in total. The van der Waals surface area contributed by atoms with Gasteiger partial charge >= 0.3 is 0 Å². The van der Waals surface area contributed by atoms with Gasteiger partial charge in [0, 0.05) is 94.8 Å². The van der Waals surface area contributed by atoms with Crippen molar-refractivity contribution in [3.8, 4) is 6.07 Å². The maximum absolute atomic E-state index is 15.5. The highest BCUT2D eigenvalue weighted by Crippen LogP contribution is 2.48. The number of anilines is 3. The number of benzene rings is 3. The predicted octanol–water partition coefficient (Wildman–Crippen LogP) is 5.31. The number of amides is 5. The molecule has 15 heteroatoms. The van der Waals surface area contributed by atoms with E-state index in [1.54, 1.807) is 0 Å². The Bertz CT molecular complexity index is 2310. The molecular formula is C46H50ClFN8O5. The van der Waals surface area contributed by atoms with Crippen LogP contribution in [0.1, 0.15) is 88.5 Å². The normalized spacial score (nSPS) is 23.5. The van der Waals surface area contributed by atoms with Crippen LogP contribution in [-0.4, -0.2) is 122 Å². The van der Waals surface area contributed by atoms with Gasteiger partial charge in [0.15, 0.2) is 0 Å². The van der Waals surface area contributed by atoms with Crippen LogP contribution in [0.5, 0.6) is 0 Å². The molecule has 5 amide bonds. The van der Waals surface area contributed by atoms with E-state index < -0.39 is 35.5 Å². The highest BCUT2D eigenvalue weighted by atomic mass is 35.5. The molecule has 3 aromatic carbocycles. The predicted molar refractivity (Wildman–Crippen MR) is 228 cm³/mol. The van der Waals surface area contributed by atoms with Crippen molar-refractivity contribution in [2.45, 2.75) is 64.0 Å². The van der Waals surface area contributed by atoms with Crippen LogP contribution in [0.25, 0.3) is 0 Å². The minimum Gasteiger partial charge on any atom is -0.371 e. The Morgan fingerprint density at radius 3 is 2.13 bits per heavy atom. The Hall–Kier alpha value is -5.52. The molecule has 2 atom stereocenters. The summed E-state index contributed by atoms with van der Waals surface area (Å²) in [6.07, 6.45) is 5.03. The van der Waals surface area contributed by atoms with Crippen LogP contribution in [0.2, 0.25) is 5.02 Å². The summed E-state index contributed by atoms with van der Waals surface area (Å²) in [6.45, 7) is 10.2. The number of imide groups is 2. The fourth-order valence-electron chi connectivity index (χ4n) is 10.7. The second-order valence-corrected chi connectivity index (χ2v) is 18.0. The van der Waals surface area contributed by atoms with Gasteiger partial charge < -0.3 is 19.6 Å². The molecule has 6 aliphatic heterocycles. The first kappa shape index (κ1) is 40.9. The minimum atomic E-state index is -1.10. The van der Waals surface area contributed by atoms with Gasteiger partial charge in [-0.15, -0.1) is 0 Å². The van der Waals surface area contributed by atoms with Gasteiger partial charge in [0.25, 0.3) is 17.7 Å². The lowest BCUT2D eigenvalue weighted by Gasteiger charge is -2.44. The number of hydrogen-bond donors (Lipinski definition) is 1. The van der Waals surface area contributed by atoms with Crippen molar-refractivity contribution in [1.29, 1.82) is 5.26 Å². The smallest absolute Gasteiger partial charge is 0.262 e. The molecule has 9 rings (SSSR count). The summed E-state index contributed by atoms with van der Waals surface area (Å²) in [5.74, 6) is -2.65. The number of carbonyl (C=O) groups excluding carboxylic acids is 5. The lowest BCUT2D eigenvalue weighted by atomic mass is 9.73. The monoisotopic (exact) mass is 848 g/mol. The molecule has 2 unspecified atom stereocenters. The maximum Gasteiger partial charge on any atom is 0.262 e. The van der Waals surface area contributed by atoms with Crippen LogP contribution < -0.4 is 20.0 Å². The molecule has 0 aromatic heterocycles. The molecule has 0 saturated carbocycles. The van der Waals surface area contributed by atoms with Gasteiger partial charge in [-0.3, -0.25) is 39.1 Å². The van der Waals surface area contributed by atoms with E-state index in [4.69, 9.17) is 11.6 Å². The third-order valence-electron chi connectivity index (χ3n) is 14.5. The first-order valence-corrected chi connectivity index (χ1v) is 21.9. The molecule has 6 heterocycles. The van der Waals surface area contributed by atoms with Crippen LogP contribution >= 0.6 is 11.6 Å². The maximum atomic E-state index is 15.5. The van der Waals surface area contributed by atoms with Crippen LogP contribution in [0, 0.1) is 28.5 Å². The van der Waals surface area contributed by atoms with Crippen molar-refractivity contribution < 1.29 is 28.4 Å². The second-order valence-electron chi connectivity index (χ2n) is 17.6. The number of fused-ring (bicyclic) bond motifs is 1. The molecule has 6 aliphatic rings. The highest BCUT2D eigenvalue weighted by Gasteiger charge is 2.47. The van der Waals surface area contributed by atoms with E-state index in [0.717, 1.165) is 93.7 Å². The minimum absolute atomic E-state index is 0.0172. The fraction of sp³-hybridized carbons (Fsp3) is 0.478. The number of nitrogens with zero attached hydrogens (tertiary/aromatic N) is 7. The van der Waals surface area contributed by atoms with Gasteiger partial charge in [-0.1, -0.05) is 11.6 Å². The van der Waals surface area contributed by atoms with Gasteiger partial charge in [0.05, 0.1) is 27.4 Å². The van der Waals surface area contributed by atoms with Crippen molar-refractivity contribution in [2.24, 2.45) is 11.3 Å². The zero-order valence-electron chi connectivity index (χ0n) is 34.4. The number of hydrogen-bond acceptors (Lipinski definition) is 10. The van der Waals surface area contributed by atoms with E-state index in [-0.39, 0.29) is 41.0 Å². The SMILES string of the molecule is CC1N(c2ccc(C#N)c(Cl)c2)CCC12CCN(c1ccc(C(=O)N3CCN(CC4CCN(c5cc6c(cc5F)C(=O)N(C5CCC(=O)NC5=O)C6=O)CC4)CC3)cc1)CC2. The number of piperidine rings is 3. The zero-order chi connectivity index (χ0) is 42.6. The van der Waals surface area contributed by atoms with Crippen LogP contribution in [-0.2, 0) is 9.59 Å². The third-order valence-corrected chi connectivity index (χ3v) is 14.8. The lowest BCUT2D eigenvalue weighted by Crippen LogP contribution is -2.54. The summed E-state index contributed by atoms with van der Waals surface area (Å²) in [5, 5.41) is 12.0. The van der Waals surface area contributed by atoms with Crippen LogP contribution in [0.15, 0.2) is 54.6 Å². The summed E-state index contributed by atoms with van der Waals surface area (Å²) in [7, 11) is 0. The molecule has 318 valence electrons. The van der Waals surface area contributed by atoms with Gasteiger partial charge in [-0.05, 0) is 111 Å². The van der Waals surface area contributed by atoms with Gasteiger partial charge in [0.1, 0.15) is 17.9 Å². The second kappa shape index (κ2) is 16.4. The Labute approximate surface area is 360 Å². The van der Waals surface area contributed by atoms with E-state index in [2.05, 4.69) is 45.1 Å². The number of piperazine rings is 1. The average molecular weight is 849 g/mol. The Kier molecular flexibility index (Phi) is 11.0. The number of rotatable bonds is 7. The lowest BCUT2D eigenvalue weighted by molar-refractivity contribution is -0.136. The molecule has 1 spiro atoms. The van der Waals surface area contributed by atoms with Gasteiger partial charge in [0.2, 0.25) is 11.8 Å².